The molecular formula is C16H16O2S. The summed E-state index contributed by atoms with van der Waals surface area (Å²) in [6.07, 6.45) is 0. The molecule has 3 rings (SSSR count). The molecule has 1 heterocycles. The van der Waals surface area contributed by atoms with Gasteiger partial charge in [-0.25, -0.2) is 8.42 Å². The second kappa shape index (κ2) is 3.94. The molecule has 0 atom stereocenters. The van der Waals surface area contributed by atoms with E-state index in [1.54, 1.807) is 12.1 Å². The zero-order valence-corrected chi connectivity index (χ0v) is 12.1. The summed E-state index contributed by atoms with van der Waals surface area (Å²) >= 11 is 0. The minimum atomic E-state index is -3.32. The van der Waals surface area contributed by atoms with E-state index in [1.165, 1.54) is 5.56 Å². The normalized spacial score (nSPS) is 15.4. The maximum absolute atomic E-state index is 12.5. The van der Waals surface area contributed by atoms with E-state index in [-0.39, 0.29) is 0 Å². The number of benzene rings is 2. The molecule has 0 aromatic heterocycles. The van der Waals surface area contributed by atoms with Crippen LogP contribution in [0.2, 0.25) is 0 Å². The van der Waals surface area contributed by atoms with Crippen LogP contribution in [0.1, 0.15) is 30.9 Å². The van der Waals surface area contributed by atoms with Gasteiger partial charge in [0.1, 0.15) is 0 Å². The summed E-state index contributed by atoms with van der Waals surface area (Å²) in [6, 6.07) is 11.2. The number of fused-ring (bicyclic) bond motifs is 3. The first-order valence-corrected chi connectivity index (χ1v) is 7.89. The van der Waals surface area contributed by atoms with Gasteiger partial charge in [-0.1, -0.05) is 37.6 Å². The predicted molar refractivity (Wildman–Crippen MR) is 76.2 cm³/mol. The Bertz CT molecular complexity index is 771. The lowest BCUT2D eigenvalue weighted by Gasteiger charge is -2.07. The van der Waals surface area contributed by atoms with Gasteiger partial charge in [0, 0.05) is 11.1 Å². The summed E-state index contributed by atoms with van der Waals surface area (Å²) < 4.78 is 24.9. The van der Waals surface area contributed by atoms with Gasteiger partial charge in [-0.3, -0.25) is 0 Å². The van der Waals surface area contributed by atoms with Crippen molar-refractivity contribution in [3.63, 3.8) is 0 Å². The Kier molecular flexibility index (Phi) is 2.58. The second-order valence-corrected chi connectivity index (χ2v) is 7.30. The Balaban J connectivity index is 2.37. The number of hydrogen-bond acceptors (Lipinski definition) is 2. The fourth-order valence-corrected chi connectivity index (χ4v) is 4.21. The van der Waals surface area contributed by atoms with Gasteiger partial charge >= 0.3 is 0 Å². The van der Waals surface area contributed by atoms with Crippen LogP contribution in [0, 0.1) is 6.92 Å². The molecule has 0 unspecified atom stereocenters. The van der Waals surface area contributed by atoms with E-state index >= 15 is 0 Å². The fourth-order valence-electron chi connectivity index (χ4n) is 2.56. The molecule has 2 aromatic rings. The molecule has 0 N–H and O–H groups in total. The number of aryl methyl sites for hydroxylation is 1. The molecule has 0 saturated carbocycles. The van der Waals surface area contributed by atoms with Crippen molar-refractivity contribution >= 4 is 9.84 Å². The standard InChI is InChI=1S/C16H16O2S/c1-10(2)12-5-7-16-14(9-12)13-8-11(3)4-6-15(13)19(16,17)18/h4-10H,1-3H3. The Labute approximate surface area is 114 Å². The molecule has 1 aliphatic rings. The highest BCUT2D eigenvalue weighted by molar-refractivity contribution is 7.92. The van der Waals surface area contributed by atoms with E-state index in [1.807, 2.05) is 31.2 Å². The highest BCUT2D eigenvalue weighted by Gasteiger charge is 2.32. The Morgan fingerprint density at radius 1 is 0.895 bits per heavy atom. The third kappa shape index (κ3) is 1.72. The van der Waals surface area contributed by atoms with E-state index < -0.39 is 9.84 Å². The Morgan fingerprint density at radius 3 is 2.11 bits per heavy atom. The summed E-state index contributed by atoms with van der Waals surface area (Å²) in [7, 11) is -3.32. The molecule has 98 valence electrons. The molecule has 1 aliphatic heterocycles. The van der Waals surface area contributed by atoms with Crippen molar-refractivity contribution in [2.75, 3.05) is 0 Å². The van der Waals surface area contributed by atoms with E-state index in [2.05, 4.69) is 13.8 Å². The zero-order chi connectivity index (χ0) is 13.8. The first kappa shape index (κ1) is 12.4. The lowest BCUT2D eigenvalue weighted by atomic mass is 9.97. The van der Waals surface area contributed by atoms with Crippen molar-refractivity contribution in [1.82, 2.24) is 0 Å². The van der Waals surface area contributed by atoms with Gasteiger partial charge in [-0.15, -0.1) is 0 Å². The highest BCUT2D eigenvalue weighted by atomic mass is 32.2. The topological polar surface area (TPSA) is 34.1 Å². The van der Waals surface area contributed by atoms with E-state index in [0.717, 1.165) is 16.7 Å². The molecule has 0 bridgehead atoms. The van der Waals surface area contributed by atoms with Crippen LogP contribution in [0.25, 0.3) is 11.1 Å². The Hall–Kier alpha value is -1.61. The monoisotopic (exact) mass is 272 g/mol. The summed E-state index contributed by atoms with van der Waals surface area (Å²) in [6.45, 7) is 6.21. The maximum Gasteiger partial charge on any atom is 0.207 e. The molecule has 2 aromatic carbocycles. The average Bonchev–Trinajstić information content (AvgIpc) is 2.58. The molecule has 0 aliphatic carbocycles. The maximum atomic E-state index is 12.5. The largest absolute Gasteiger partial charge is 0.218 e. The van der Waals surface area contributed by atoms with Crippen LogP contribution in [0.5, 0.6) is 0 Å². The van der Waals surface area contributed by atoms with Gasteiger partial charge < -0.3 is 0 Å². The van der Waals surface area contributed by atoms with Gasteiger partial charge in [-0.2, -0.15) is 0 Å². The van der Waals surface area contributed by atoms with Gasteiger partial charge in [0.2, 0.25) is 9.84 Å². The number of sulfone groups is 1. The van der Waals surface area contributed by atoms with E-state index in [0.29, 0.717) is 15.7 Å². The molecule has 0 spiro atoms. The third-order valence-electron chi connectivity index (χ3n) is 3.67. The lowest BCUT2D eigenvalue weighted by Crippen LogP contribution is -1.97. The lowest BCUT2D eigenvalue weighted by molar-refractivity contribution is 0.598. The van der Waals surface area contributed by atoms with Crippen LogP contribution in [-0.2, 0) is 9.84 Å². The van der Waals surface area contributed by atoms with Gasteiger partial charge in [-0.05, 0) is 36.6 Å². The molecule has 19 heavy (non-hydrogen) atoms. The molecule has 0 amide bonds. The van der Waals surface area contributed by atoms with Crippen molar-refractivity contribution < 1.29 is 8.42 Å². The smallest absolute Gasteiger partial charge is 0.207 e. The Morgan fingerprint density at radius 2 is 1.47 bits per heavy atom. The van der Waals surface area contributed by atoms with Gasteiger partial charge in [0.05, 0.1) is 9.79 Å². The second-order valence-electron chi connectivity index (χ2n) is 5.41. The van der Waals surface area contributed by atoms with Crippen LogP contribution in [0.15, 0.2) is 46.2 Å². The SMILES string of the molecule is Cc1ccc2c(c1)-c1cc(C(C)C)ccc1S2(=O)=O. The van der Waals surface area contributed by atoms with E-state index in [9.17, 15) is 8.42 Å². The van der Waals surface area contributed by atoms with Crippen LogP contribution in [-0.4, -0.2) is 8.42 Å². The van der Waals surface area contributed by atoms with Crippen LogP contribution in [0.4, 0.5) is 0 Å². The predicted octanol–water partition coefficient (Wildman–Crippen LogP) is 3.93. The van der Waals surface area contributed by atoms with Crippen LogP contribution in [0.3, 0.4) is 0 Å². The number of hydrogen-bond donors (Lipinski definition) is 0. The minimum Gasteiger partial charge on any atom is -0.218 e. The van der Waals surface area contributed by atoms with Gasteiger partial charge in [0.25, 0.3) is 0 Å². The summed E-state index contributed by atoms with van der Waals surface area (Å²) in [5.74, 6) is 0.391. The molecule has 2 nitrogen and oxygen atoms in total. The molecule has 0 radical (unpaired) electrons. The summed E-state index contributed by atoms with van der Waals surface area (Å²) in [5.41, 5.74) is 3.95. The summed E-state index contributed by atoms with van der Waals surface area (Å²) in [4.78, 5) is 0.881. The van der Waals surface area contributed by atoms with Crippen LogP contribution >= 0.6 is 0 Å². The molecular weight excluding hydrogens is 256 g/mol. The number of rotatable bonds is 1. The molecule has 3 heteroatoms. The first-order chi connectivity index (χ1) is 8.91. The third-order valence-corrected chi connectivity index (χ3v) is 5.54. The van der Waals surface area contributed by atoms with Crippen molar-refractivity contribution in [2.24, 2.45) is 0 Å². The average molecular weight is 272 g/mol. The van der Waals surface area contributed by atoms with Gasteiger partial charge in [0.15, 0.2) is 0 Å². The minimum absolute atomic E-state index is 0.391. The van der Waals surface area contributed by atoms with Crippen molar-refractivity contribution in [2.45, 2.75) is 36.5 Å². The fraction of sp³-hybridized carbons (Fsp3) is 0.250. The van der Waals surface area contributed by atoms with Crippen molar-refractivity contribution in [1.29, 1.82) is 0 Å². The van der Waals surface area contributed by atoms with E-state index in [4.69, 9.17) is 0 Å². The molecule has 0 saturated heterocycles. The van der Waals surface area contributed by atoms with Crippen LogP contribution < -0.4 is 0 Å². The highest BCUT2D eigenvalue weighted by Crippen LogP contribution is 2.44. The quantitative estimate of drug-likeness (QED) is 0.672. The van der Waals surface area contributed by atoms with Crippen molar-refractivity contribution in [3.05, 3.63) is 47.5 Å². The summed E-state index contributed by atoms with van der Waals surface area (Å²) in [5, 5.41) is 0. The zero-order valence-electron chi connectivity index (χ0n) is 11.3. The first-order valence-electron chi connectivity index (χ1n) is 6.41. The van der Waals surface area contributed by atoms with Crippen molar-refractivity contribution in [3.8, 4) is 11.1 Å². The molecule has 0 fully saturated rings.